The van der Waals surface area contributed by atoms with Gasteiger partial charge in [-0.2, -0.15) is 0 Å². The number of carbonyl (C=O) groups excluding carboxylic acids is 1. The molecule has 23 heavy (non-hydrogen) atoms. The molecule has 1 fully saturated rings. The van der Waals surface area contributed by atoms with Gasteiger partial charge >= 0.3 is 6.03 Å². The van der Waals surface area contributed by atoms with Crippen LogP contribution < -0.4 is 5.32 Å². The molecule has 3 heterocycles. The summed E-state index contributed by atoms with van der Waals surface area (Å²) in [4.78, 5) is 14.5. The predicted molar refractivity (Wildman–Crippen MR) is 83.3 cm³/mol. The molecule has 1 atom stereocenters. The van der Waals surface area contributed by atoms with Gasteiger partial charge in [-0.05, 0) is 19.1 Å². The number of nitrogens with one attached hydrogen (secondary N) is 1. The topological polar surface area (TPSA) is 80.7 Å². The molecule has 1 saturated heterocycles. The van der Waals surface area contributed by atoms with Crippen molar-refractivity contribution in [1.82, 2.24) is 10.1 Å². The highest BCUT2D eigenvalue weighted by Gasteiger charge is 2.31. The number of morpholine rings is 1. The van der Waals surface area contributed by atoms with Crippen molar-refractivity contribution >= 4 is 11.7 Å². The Kier molecular flexibility index (Phi) is 4.38. The molecule has 0 bridgehead atoms. The van der Waals surface area contributed by atoms with Crippen LogP contribution in [0.2, 0.25) is 0 Å². The van der Waals surface area contributed by atoms with E-state index < -0.39 is 0 Å². The molecule has 1 aliphatic heterocycles. The molecule has 3 rings (SSSR count). The van der Waals surface area contributed by atoms with Gasteiger partial charge in [0.1, 0.15) is 23.2 Å². The van der Waals surface area contributed by atoms with E-state index in [4.69, 9.17) is 13.7 Å². The number of hydrogen-bond acceptors (Lipinski definition) is 5. The predicted octanol–water partition coefficient (Wildman–Crippen LogP) is 3.30. The van der Waals surface area contributed by atoms with Gasteiger partial charge in [0, 0.05) is 12.5 Å². The number of aromatic nitrogens is 1. The highest BCUT2D eigenvalue weighted by molar-refractivity contribution is 5.90. The first-order valence-electron chi connectivity index (χ1n) is 7.73. The summed E-state index contributed by atoms with van der Waals surface area (Å²) >= 11 is 0. The Balaban J connectivity index is 1.80. The lowest BCUT2D eigenvalue weighted by molar-refractivity contribution is 0.00733. The Morgan fingerprint density at radius 2 is 2.30 bits per heavy atom. The Bertz CT molecular complexity index is 663. The minimum atomic E-state index is -0.235. The number of rotatable bonds is 3. The third-order valence-electron chi connectivity index (χ3n) is 3.91. The normalized spacial score (nSPS) is 18.4. The molecule has 0 radical (unpaired) electrons. The number of nitrogens with zero attached hydrogens (tertiary/aromatic N) is 2. The molecular formula is C16H21N3O4. The van der Waals surface area contributed by atoms with E-state index >= 15 is 0 Å². The van der Waals surface area contributed by atoms with Crippen molar-refractivity contribution in [3.05, 3.63) is 35.6 Å². The molecule has 2 aromatic rings. The van der Waals surface area contributed by atoms with Crippen LogP contribution in [0.25, 0.3) is 0 Å². The van der Waals surface area contributed by atoms with Gasteiger partial charge in [0.25, 0.3) is 0 Å². The first-order valence-corrected chi connectivity index (χ1v) is 7.73. The van der Waals surface area contributed by atoms with E-state index in [1.54, 1.807) is 17.2 Å². The van der Waals surface area contributed by atoms with E-state index in [9.17, 15) is 4.79 Å². The molecule has 0 aliphatic carbocycles. The van der Waals surface area contributed by atoms with Gasteiger partial charge in [0.2, 0.25) is 0 Å². The Morgan fingerprint density at radius 3 is 3.00 bits per heavy atom. The zero-order valence-electron chi connectivity index (χ0n) is 13.5. The van der Waals surface area contributed by atoms with Gasteiger partial charge in [0.15, 0.2) is 5.76 Å². The molecule has 0 aromatic carbocycles. The minimum absolute atomic E-state index is 0.136. The lowest BCUT2D eigenvalue weighted by atomic mass is 10.1. The number of furan rings is 1. The standard InChI is InChI=1S/C16H21N3O4/c1-10(2)15-14(11(3)18-23-15)17-16(20)19-6-8-21-9-12(19)13-5-4-7-22-13/h4-5,7,10,12H,6,8-9H2,1-3H3,(H,17,20)/t12-/m0/s1. The average molecular weight is 319 g/mol. The number of anilines is 1. The second kappa shape index (κ2) is 6.45. The molecule has 0 saturated carbocycles. The van der Waals surface area contributed by atoms with E-state index in [-0.39, 0.29) is 18.0 Å². The number of carbonyl (C=O) groups is 1. The second-order valence-corrected chi connectivity index (χ2v) is 5.89. The lowest BCUT2D eigenvalue weighted by Gasteiger charge is -2.34. The maximum atomic E-state index is 12.7. The van der Waals surface area contributed by atoms with Gasteiger partial charge in [-0.15, -0.1) is 0 Å². The van der Waals surface area contributed by atoms with Crippen LogP contribution in [0.3, 0.4) is 0 Å². The van der Waals surface area contributed by atoms with Crippen molar-refractivity contribution in [3.63, 3.8) is 0 Å². The SMILES string of the molecule is Cc1noc(C(C)C)c1NC(=O)N1CCOC[C@H]1c1ccco1. The number of hydrogen-bond donors (Lipinski definition) is 1. The van der Waals surface area contributed by atoms with Gasteiger partial charge in [-0.3, -0.25) is 0 Å². The smallest absolute Gasteiger partial charge is 0.322 e. The fourth-order valence-electron chi connectivity index (χ4n) is 2.68. The zero-order valence-corrected chi connectivity index (χ0v) is 13.5. The average Bonchev–Trinajstić information content (AvgIpc) is 3.18. The molecule has 124 valence electrons. The summed E-state index contributed by atoms with van der Waals surface area (Å²) in [7, 11) is 0. The van der Waals surface area contributed by atoms with Gasteiger partial charge in [-0.1, -0.05) is 19.0 Å². The van der Waals surface area contributed by atoms with E-state index in [0.29, 0.717) is 42.7 Å². The molecule has 2 amide bonds. The molecule has 0 spiro atoms. The van der Waals surface area contributed by atoms with Crippen LogP contribution in [0.5, 0.6) is 0 Å². The quantitative estimate of drug-likeness (QED) is 0.938. The summed E-state index contributed by atoms with van der Waals surface area (Å²) in [6.45, 7) is 7.23. The third kappa shape index (κ3) is 3.10. The summed E-state index contributed by atoms with van der Waals surface area (Å²) in [5, 5.41) is 6.89. The first-order chi connectivity index (χ1) is 11.1. The number of urea groups is 1. The van der Waals surface area contributed by atoms with Crippen molar-refractivity contribution in [2.45, 2.75) is 32.7 Å². The monoisotopic (exact) mass is 319 g/mol. The highest BCUT2D eigenvalue weighted by Crippen LogP contribution is 2.29. The zero-order chi connectivity index (χ0) is 16.4. The molecule has 7 heteroatoms. The summed E-state index contributed by atoms with van der Waals surface area (Å²) in [5.41, 5.74) is 1.32. The Hall–Kier alpha value is -2.28. The van der Waals surface area contributed by atoms with Crippen molar-refractivity contribution in [2.75, 3.05) is 25.1 Å². The Labute approximate surface area is 134 Å². The van der Waals surface area contributed by atoms with Crippen molar-refractivity contribution in [2.24, 2.45) is 0 Å². The van der Waals surface area contributed by atoms with Crippen LogP contribution in [-0.2, 0) is 4.74 Å². The fraction of sp³-hybridized carbons (Fsp3) is 0.500. The van der Waals surface area contributed by atoms with Crippen LogP contribution >= 0.6 is 0 Å². The lowest BCUT2D eigenvalue weighted by Crippen LogP contribution is -2.45. The van der Waals surface area contributed by atoms with E-state index in [1.807, 2.05) is 26.8 Å². The second-order valence-electron chi connectivity index (χ2n) is 5.89. The number of amides is 2. The molecule has 0 unspecified atom stereocenters. The largest absolute Gasteiger partial charge is 0.467 e. The van der Waals surface area contributed by atoms with Crippen LogP contribution in [0.15, 0.2) is 27.3 Å². The maximum Gasteiger partial charge on any atom is 0.322 e. The van der Waals surface area contributed by atoms with E-state index in [2.05, 4.69) is 10.5 Å². The number of ether oxygens (including phenoxy) is 1. The summed E-state index contributed by atoms with van der Waals surface area (Å²) < 4.78 is 16.3. The van der Waals surface area contributed by atoms with E-state index in [1.165, 1.54) is 0 Å². The summed E-state index contributed by atoms with van der Waals surface area (Å²) in [6, 6.07) is 3.22. The molecule has 7 nitrogen and oxygen atoms in total. The minimum Gasteiger partial charge on any atom is -0.467 e. The molecule has 1 N–H and O–H groups in total. The van der Waals surface area contributed by atoms with Gasteiger partial charge < -0.3 is 23.9 Å². The first kappa shape index (κ1) is 15.6. The van der Waals surface area contributed by atoms with E-state index in [0.717, 1.165) is 0 Å². The fourth-order valence-corrected chi connectivity index (χ4v) is 2.68. The molecular weight excluding hydrogens is 298 g/mol. The van der Waals surface area contributed by atoms with Crippen molar-refractivity contribution in [1.29, 1.82) is 0 Å². The molecule has 1 aliphatic rings. The van der Waals surface area contributed by atoms with Crippen LogP contribution in [0, 0.1) is 6.92 Å². The van der Waals surface area contributed by atoms with Gasteiger partial charge in [-0.25, -0.2) is 4.79 Å². The summed E-state index contributed by atoms with van der Waals surface area (Å²) in [5.74, 6) is 1.53. The Morgan fingerprint density at radius 1 is 1.48 bits per heavy atom. The maximum absolute atomic E-state index is 12.7. The molecule has 2 aromatic heterocycles. The van der Waals surface area contributed by atoms with Crippen LogP contribution in [-0.4, -0.2) is 35.8 Å². The van der Waals surface area contributed by atoms with Crippen LogP contribution in [0.1, 0.15) is 43.0 Å². The van der Waals surface area contributed by atoms with Crippen LogP contribution in [0.4, 0.5) is 10.5 Å². The summed E-state index contributed by atoms with van der Waals surface area (Å²) in [6.07, 6.45) is 1.60. The van der Waals surface area contributed by atoms with Crippen molar-refractivity contribution in [3.8, 4) is 0 Å². The van der Waals surface area contributed by atoms with Crippen molar-refractivity contribution < 1.29 is 18.5 Å². The number of aryl methyl sites for hydroxylation is 1. The highest BCUT2D eigenvalue weighted by atomic mass is 16.5. The third-order valence-corrected chi connectivity index (χ3v) is 3.91. The van der Waals surface area contributed by atoms with Gasteiger partial charge in [0.05, 0.1) is 19.5 Å².